The van der Waals surface area contributed by atoms with Crippen LogP contribution in [0.5, 0.6) is 0 Å². The number of hydrogen-bond donors (Lipinski definition) is 3. The molecule has 0 aliphatic heterocycles. The van der Waals surface area contributed by atoms with Gasteiger partial charge in [-0.1, -0.05) is 23.8 Å². The Kier molecular flexibility index (Phi) is 3.43. The molecule has 0 fully saturated rings. The summed E-state index contributed by atoms with van der Waals surface area (Å²) in [5, 5.41) is 3.02. The van der Waals surface area contributed by atoms with E-state index in [1.54, 1.807) is 0 Å². The van der Waals surface area contributed by atoms with E-state index in [0.717, 1.165) is 19.3 Å². The molecule has 5 heteroatoms. The van der Waals surface area contributed by atoms with Crippen LogP contribution in [0.15, 0.2) is 18.2 Å². The Morgan fingerprint density at radius 2 is 2.06 bits per heavy atom. The van der Waals surface area contributed by atoms with Gasteiger partial charge in [0.25, 0.3) is 0 Å². The lowest BCUT2D eigenvalue weighted by Crippen LogP contribution is -2.22. The predicted octanol–water partition coefficient (Wildman–Crippen LogP) is 3.16. The molecule has 1 aliphatic carbocycles. The van der Waals surface area contributed by atoms with Crippen molar-refractivity contribution in [3.05, 3.63) is 29.1 Å². The van der Waals surface area contributed by atoms with Crippen molar-refractivity contribution in [3.63, 3.8) is 0 Å². The Balaban J connectivity index is 2.26. The van der Waals surface area contributed by atoms with Crippen molar-refractivity contribution >= 4 is 28.7 Å². The Morgan fingerprint density at radius 3 is 2.71 bits per heavy atom. The van der Waals surface area contributed by atoms with Gasteiger partial charge in [-0.3, -0.25) is 0 Å². The standard InChI is InChI=1S/C12H15ClFN3/c13-10-8(15)6-9(16)12(11(10)14)17-7-4-2-1-3-5-7/h1-2,6-7,17H,3-5,15-16H2. The third-order valence-electron chi connectivity index (χ3n) is 2.88. The van der Waals surface area contributed by atoms with Crippen LogP contribution < -0.4 is 16.8 Å². The summed E-state index contributed by atoms with van der Waals surface area (Å²) in [7, 11) is 0. The summed E-state index contributed by atoms with van der Waals surface area (Å²) in [6, 6.07) is 1.67. The largest absolute Gasteiger partial charge is 0.397 e. The zero-order chi connectivity index (χ0) is 12.4. The lowest BCUT2D eigenvalue weighted by Gasteiger charge is -2.22. The number of benzene rings is 1. The van der Waals surface area contributed by atoms with E-state index < -0.39 is 5.82 Å². The van der Waals surface area contributed by atoms with Crippen LogP contribution in [0.2, 0.25) is 5.02 Å². The monoisotopic (exact) mass is 255 g/mol. The van der Waals surface area contributed by atoms with Gasteiger partial charge >= 0.3 is 0 Å². The highest BCUT2D eigenvalue weighted by molar-refractivity contribution is 6.33. The third-order valence-corrected chi connectivity index (χ3v) is 3.27. The molecule has 0 heterocycles. The predicted molar refractivity (Wildman–Crippen MR) is 70.6 cm³/mol. The van der Waals surface area contributed by atoms with Gasteiger partial charge in [-0.2, -0.15) is 0 Å². The lowest BCUT2D eigenvalue weighted by molar-refractivity contribution is 0.610. The fourth-order valence-corrected chi connectivity index (χ4v) is 2.09. The highest BCUT2D eigenvalue weighted by Gasteiger charge is 2.17. The van der Waals surface area contributed by atoms with Gasteiger partial charge in [0.1, 0.15) is 5.02 Å². The first-order chi connectivity index (χ1) is 8.09. The highest BCUT2D eigenvalue weighted by atomic mass is 35.5. The van der Waals surface area contributed by atoms with Crippen molar-refractivity contribution in [1.29, 1.82) is 0 Å². The van der Waals surface area contributed by atoms with Gasteiger partial charge in [-0.25, -0.2) is 4.39 Å². The molecule has 1 atom stereocenters. The van der Waals surface area contributed by atoms with Gasteiger partial charge in [0, 0.05) is 6.04 Å². The van der Waals surface area contributed by atoms with Crippen molar-refractivity contribution in [2.75, 3.05) is 16.8 Å². The molecule has 0 saturated carbocycles. The van der Waals surface area contributed by atoms with Gasteiger partial charge < -0.3 is 16.8 Å². The molecule has 1 aromatic carbocycles. The maximum absolute atomic E-state index is 13.9. The van der Waals surface area contributed by atoms with Gasteiger partial charge in [-0.05, 0) is 25.3 Å². The van der Waals surface area contributed by atoms with Crippen LogP contribution in [0, 0.1) is 5.82 Å². The molecule has 0 saturated heterocycles. The zero-order valence-corrected chi connectivity index (χ0v) is 10.1. The molecule has 0 bridgehead atoms. The minimum Gasteiger partial charge on any atom is -0.397 e. The van der Waals surface area contributed by atoms with Crippen LogP contribution in [-0.2, 0) is 0 Å². The first-order valence-corrected chi connectivity index (χ1v) is 5.92. The van der Waals surface area contributed by atoms with Crippen molar-refractivity contribution in [3.8, 4) is 0 Å². The second kappa shape index (κ2) is 4.84. The number of allylic oxidation sites excluding steroid dienone is 1. The van der Waals surface area contributed by atoms with E-state index in [-0.39, 0.29) is 22.4 Å². The molecular formula is C12H15ClFN3. The smallest absolute Gasteiger partial charge is 0.169 e. The van der Waals surface area contributed by atoms with E-state index in [1.165, 1.54) is 6.07 Å². The SMILES string of the molecule is Nc1cc(N)c(NC2CC=CCC2)c(F)c1Cl. The molecule has 0 aromatic heterocycles. The summed E-state index contributed by atoms with van der Waals surface area (Å²) in [5.41, 5.74) is 12.0. The number of halogens is 2. The number of anilines is 3. The van der Waals surface area contributed by atoms with Gasteiger partial charge in [0.15, 0.2) is 5.82 Å². The van der Waals surface area contributed by atoms with E-state index in [9.17, 15) is 4.39 Å². The summed E-state index contributed by atoms with van der Waals surface area (Å²) in [4.78, 5) is 0. The first-order valence-electron chi connectivity index (χ1n) is 5.54. The fraction of sp³-hybridized carbons (Fsp3) is 0.333. The molecule has 1 unspecified atom stereocenters. The minimum absolute atomic E-state index is 0.0759. The van der Waals surface area contributed by atoms with E-state index in [0.29, 0.717) is 5.69 Å². The average Bonchev–Trinajstić information content (AvgIpc) is 2.33. The highest BCUT2D eigenvalue weighted by Crippen LogP contribution is 2.34. The molecule has 0 spiro atoms. The number of nitrogen functional groups attached to an aromatic ring is 2. The normalized spacial score (nSPS) is 19.3. The first kappa shape index (κ1) is 12.0. The van der Waals surface area contributed by atoms with Crippen LogP contribution >= 0.6 is 11.6 Å². The molecule has 92 valence electrons. The Labute approximate surface area is 105 Å². The van der Waals surface area contributed by atoms with Crippen molar-refractivity contribution in [1.82, 2.24) is 0 Å². The molecule has 5 N–H and O–H groups in total. The summed E-state index contributed by atoms with van der Waals surface area (Å²) < 4.78 is 13.9. The zero-order valence-electron chi connectivity index (χ0n) is 9.34. The third kappa shape index (κ3) is 2.47. The topological polar surface area (TPSA) is 64.1 Å². The van der Waals surface area contributed by atoms with Crippen LogP contribution in [-0.4, -0.2) is 6.04 Å². The van der Waals surface area contributed by atoms with Crippen LogP contribution in [0.4, 0.5) is 21.5 Å². The van der Waals surface area contributed by atoms with E-state index >= 15 is 0 Å². The van der Waals surface area contributed by atoms with Crippen LogP contribution in [0.25, 0.3) is 0 Å². The van der Waals surface area contributed by atoms with Gasteiger partial charge in [0.05, 0.1) is 17.1 Å². The molecular weight excluding hydrogens is 241 g/mol. The maximum Gasteiger partial charge on any atom is 0.169 e. The number of hydrogen-bond acceptors (Lipinski definition) is 3. The molecule has 0 amide bonds. The second-order valence-electron chi connectivity index (χ2n) is 4.18. The van der Waals surface area contributed by atoms with Crippen molar-refractivity contribution in [2.24, 2.45) is 0 Å². The molecule has 17 heavy (non-hydrogen) atoms. The summed E-state index contributed by atoms with van der Waals surface area (Å²) in [5.74, 6) is -0.571. The Morgan fingerprint density at radius 1 is 1.29 bits per heavy atom. The number of nitrogens with one attached hydrogen (secondary N) is 1. The molecule has 1 aromatic rings. The fourth-order valence-electron chi connectivity index (χ4n) is 1.94. The van der Waals surface area contributed by atoms with Gasteiger partial charge in [-0.15, -0.1) is 0 Å². The van der Waals surface area contributed by atoms with Crippen molar-refractivity contribution < 1.29 is 4.39 Å². The quantitative estimate of drug-likeness (QED) is 0.562. The lowest BCUT2D eigenvalue weighted by atomic mass is 10.0. The second-order valence-corrected chi connectivity index (χ2v) is 4.56. The summed E-state index contributed by atoms with van der Waals surface area (Å²) >= 11 is 5.76. The molecule has 3 nitrogen and oxygen atoms in total. The number of nitrogens with two attached hydrogens (primary N) is 2. The van der Waals surface area contributed by atoms with Gasteiger partial charge in [0.2, 0.25) is 0 Å². The Bertz CT molecular complexity index is 460. The maximum atomic E-state index is 13.9. The average molecular weight is 256 g/mol. The van der Waals surface area contributed by atoms with Crippen LogP contribution in [0.3, 0.4) is 0 Å². The van der Waals surface area contributed by atoms with E-state index in [2.05, 4.69) is 17.5 Å². The van der Waals surface area contributed by atoms with E-state index in [4.69, 9.17) is 23.1 Å². The molecule has 1 aliphatic rings. The molecule has 0 radical (unpaired) electrons. The van der Waals surface area contributed by atoms with Crippen molar-refractivity contribution in [2.45, 2.75) is 25.3 Å². The summed E-state index contributed by atoms with van der Waals surface area (Å²) in [6.07, 6.45) is 7.00. The van der Waals surface area contributed by atoms with Crippen LogP contribution in [0.1, 0.15) is 19.3 Å². The minimum atomic E-state index is -0.571. The summed E-state index contributed by atoms with van der Waals surface area (Å²) in [6.45, 7) is 0. The molecule has 2 rings (SSSR count). The van der Waals surface area contributed by atoms with E-state index in [1.807, 2.05) is 0 Å². The number of rotatable bonds is 2. The Hall–Kier alpha value is -1.42.